The first-order chi connectivity index (χ1) is 8.22. The Hall–Kier alpha value is -1.09. The zero-order chi connectivity index (χ0) is 12.5. The number of anilines is 1. The molecule has 0 aliphatic heterocycles. The van der Waals surface area contributed by atoms with E-state index < -0.39 is 0 Å². The Kier molecular flexibility index (Phi) is 6.63. The normalized spacial score (nSPS) is 10.8. The predicted octanol–water partition coefficient (Wildman–Crippen LogP) is 3.36. The van der Waals surface area contributed by atoms with Crippen LogP contribution >= 0.6 is 0 Å². The van der Waals surface area contributed by atoms with Gasteiger partial charge in [-0.2, -0.15) is 0 Å². The number of nitrogens with one attached hydrogen (secondary N) is 1. The Morgan fingerprint density at radius 3 is 2.47 bits per heavy atom. The molecule has 96 valence electrons. The lowest BCUT2D eigenvalue weighted by Gasteiger charge is -2.17. The van der Waals surface area contributed by atoms with E-state index in [1.54, 1.807) is 12.1 Å². The largest absolute Gasteiger partial charge is 0.384 e. The van der Waals surface area contributed by atoms with Gasteiger partial charge >= 0.3 is 0 Å². The van der Waals surface area contributed by atoms with Gasteiger partial charge in [0.05, 0.1) is 0 Å². The van der Waals surface area contributed by atoms with Crippen LogP contribution in [0.2, 0.25) is 0 Å². The van der Waals surface area contributed by atoms with Crippen LogP contribution in [0.3, 0.4) is 0 Å². The highest BCUT2D eigenvalue weighted by Gasteiger charge is 1.98. The van der Waals surface area contributed by atoms with Crippen LogP contribution < -0.4 is 5.32 Å². The molecule has 1 aromatic carbocycles. The van der Waals surface area contributed by atoms with E-state index in [1.165, 1.54) is 31.4 Å². The van der Waals surface area contributed by atoms with Crippen LogP contribution in [0.25, 0.3) is 0 Å². The first kappa shape index (κ1) is 14.0. The second-order valence-corrected chi connectivity index (χ2v) is 4.44. The standard InChI is InChI=1S/C14H23FN2/c1-3-4-5-11-17(2)12-10-16-14-8-6-13(15)7-9-14/h6-9,16H,3-5,10-12H2,1-2H3. The maximum absolute atomic E-state index is 12.7. The number of rotatable bonds is 8. The van der Waals surface area contributed by atoms with Crippen molar-refractivity contribution in [3.8, 4) is 0 Å². The van der Waals surface area contributed by atoms with Crippen LogP contribution in [0.5, 0.6) is 0 Å². The number of halogens is 1. The predicted molar refractivity (Wildman–Crippen MR) is 71.9 cm³/mol. The topological polar surface area (TPSA) is 15.3 Å². The molecule has 1 N–H and O–H groups in total. The zero-order valence-electron chi connectivity index (χ0n) is 10.9. The molecule has 0 amide bonds. The molecule has 3 heteroatoms. The van der Waals surface area contributed by atoms with Gasteiger partial charge in [-0.1, -0.05) is 19.8 Å². The van der Waals surface area contributed by atoms with Crippen LogP contribution in [-0.2, 0) is 0 Å². The van der Waals surface area contributed by atoms with Gasteiger partial charge < -0.3 is 10.2 Å². The highest BCUT2D eigenvalue weighted by molar-refractivity contribution is 5.42. The lowest BCUT2D eigenvalue weighted by molar-refractivity contribution is 0.337. The van der Waals surface area contributed by atoms with Crippen molar-refractivity contribution in [1.82, 2.24) is 4.90 Å². The molecule has 0 heterocycles. The van der Waals surface area contributed by atoms with Crippen molar-refractivity contribution in [3.05, 3.63) is 30.1 Å². The van der Waals surface area contributed by atoms with E-state index in [-0.39, 0.29) is 5.82 Å². The van der Waals surface area contributed by atoms with Crippen molar-refractivity contribution in [1.29, 1.82) is 0 Å². The summed E-state index contributed by atoms with van der Waals surface area (Å²) in [5.41, 5.74) is 0.980. The second-order valence-electron chi connectivity index (χ2n) is 4.44. The van der Waals surface area contributed by atoms with Crippen molar-refractivity contribution in [2.75, 3.05) is 32.0 Å². The Labute approximate surface area is 104 Å². The van der Waals surface area contributed by atoms with Crippen molar-refractivity contribution in [2.24, 2.45) is 0 Å². The lowest BCUT2D eigenvalue weighted by Crippen LogP contribution is -2.26. The molecular formula is C14H23FN2. The molecule has 0 saturated carbocycles. The van der Waals surface area contributed by atoms with Gasteiger partial charge in [0.2, 0.25) is 0 Å². The van der Waals surface area contributed by atoms with Gasteiger partial charge in [0.25, 0.3) is 0 Å². The van der Waals surface area contributed by atoms with E-state index in [4.69, 9.17) is 0 Å². The van der Waals surface area contributed by atoms with Gasteiger partial charge in [-0.05, 0) is 44.3 Å². The number of hydrogen-bond donors (Lipinski definition) is 1. The fourth-order valence-corrected chi connectivity index (χ4v) is 1.70. The molecular weight excluding hydrogens is 215 g/mol. The molecule has 0 aromatic heterocycles. The van der Waals surface area contributed by atoms with Crippen LogP contribution in [-0.4, -0.2) is 31.6 Å². The SMILES string of the molecule is CCCCCN(C)CCNc1ccc(F)cc1. The molecule has 1 aromatic rings. The smallest absolute Gasteiger partial charge is 0.123 e. The van der Waals surface area contributed by atoms with Crippen LogP contribution in [0.4, 0.5) is 10.1 Å². The molecule has 0 unspecified atom stereocenters. The number of unbranched alkanes of at least 4 members (excludes halogenated alkanes) is 2. The summed E-state index contributed by atoms with van der Waals surface area (Å²) in [6.45, 7) is 5.28. The van der Waals surface area contributed by atoms with Crippen molar-refractivity contribution in [2.45, 2.75) is 26.2 Å². The highest BCUT2D eigenvalue weighted by Crippen LogP contribution is 2.07. The Morgan fingerprint density at radius 2 is 1.82 bits per heavy atom. The summed E-state index contributed by atoms with van der Waals surface area (Å²) in [4.78, 5) is 2.33. The molecule has 17 heavy (non-hydrogen) atoms. The van der Waals surface area contributed by atoms with Gasteiger partial charge in [-0.15, -0.1) is 0 Å². The lowest BCUT2D eigenvalue weighted by atomic mass is 10.2. The first-order valence-corrected chi connectivity index (χ1v) is 6.40. The van der Waals surface area contributed by atoms with E-state index in [0.29, 0.717) is 0 Å². The minimum atomic E-state index is -0.188. The molecule has 1 rings (SSSR count). The average molecular weight is 238 g/mol. The van der Waals surface area contributed by atoms with Gasteiger partial charge in [0, 0.05) is 18.8 Å². The molecule has 2 nitrogen and oxygen atoms in total. The summed E-state index contributed by atoms with van der Waals surface area (Å²) in [5, 5.41) is 3.28. The van der Waals surface area contributed by atoms with Crippen LogP contribution in [0.15, 0.2) is 24.3 Å². The molecule has 0 bridgehead atoms. The van der Waals surface area contributed by atoms with Gasteiger partial charge in [0.15, 0.2) is 0 Å². The Bertz CT molecular complexity index is 298. The van der Waals surface area contributed by atoms with Crippen LogP contribution in [0.1, 0.15) is 26.2 Å². The highest BCUT2D eigenvalue weighted by atomic mass is 19.1. The van der Waals surface area contributed by atoms with E-state index in [9.17, 15) is 4.39 Å². The molecule has 0 fully saturated rings. The number of nitrogens with zero attached hydrogens (tertiary/aromatic N) is 1. The van der Waals surface area contributed by atoms with E-state index in [1.807, 2.05) is 0 Å². The van der Waals surface area contributed by atoms with Crippen molar-refractivity contribution in [3.63, 3.8) is 0 Å². The van der Waals surface area contributed by atoms with Gasteiger partial charge in [-0.3, -0.25) is 0 Å². The minimum absolute atomic E-state index is 0.188. The van der Waals surface area contributed by atoms with E-state index >= 15 is 0 Å². The third-order valence-electron chi connectivity index (χ3n) is 2.81. The summed E-state index contributed by atoms with van der Waals surface area (Å²) in [5.74, 6) is -0.188. The maximum Gasteiger partial charge on any atom is 0.123 e. The molecule has 0 atom stereocenters. The maximum atomic E-state index is 12.7. The average Bonchev–Trinajstić information content (AvgIpc) is 2.32. The first-order valence-electron chi connectivity index (χ1n) is 6.40. The summed E-state index contributed by atoms with van der Waals surface area (Å²) in [7, 11) is 2.14. The Morgan fingerprint density at radius 1 is 1.12 bits per heavy atom. The second kappa shape index (κ2) is 8.07. The zero-order valence-corrected chi connectivity index (χ0v) is 10.9. The number of hydrogen-bond acceptors (Lipinski definition) is 2. The van der Waals surface area contributed by atoms with Crippen molar-refractivity contribution >= 4 is 5.69 Å². The summed E-state index contributed by atoms with van der Waals surface area (Å²) in [6, 6.07) is 6.50. The van der Waals surface area contributed by atoms with E-state index in [0.717, 1.165) is 25.3 Å². The Balaban J connectivity index is 2.12. The monoisotopic (exact) mass is 238 g/mol. The fraction of sp³-hybridized carbons (Fsp3) is 0.571. The van der Waals surface area contributed by atoms with E-state index in [2.05, 4.69) is 24.2 Å². The van der Waals surface area contributed by atoms with Gasteiger partial charge in [-0.25, -0.2) is 4.39 Å². The summed E-state index contributed by atoms with van der Waals surface area (Å²) >= 11 is 0. The molecule has 0 aliphatic rings. The number of likely N-dealkylation sites (N-methyl/N-ethyl adjacent to an activating group) is 1. The van der Waals surface area contributed by atoms with Crippen molar-refractivity contribution < 1.29 is 4.39 Å². The molecule has 0 spiro atoms. The van der Waals surface area contributed by atoms with Gasteiger partial charge in [0.1, 0.15) is 5.82 Å². The number of benzene rings is 1. The summed E-state index contributed by atoms with van der Waals surface area (Å²) < 4.78 is 12.7. The third kappa shape index (κ3) is 6.27. The summed E-state index contributed by atoms with van der Waals surface area (Å²) in [6.07, 6.45) is 3.83. The minimum Gasteiger partial charge on any atom is -0.384 e. The molecule has 0 saturated heterocycles. The molecule has 0 radical (unpaired) electrons. The fourth-order valence-electron chi connectivity index (χ4n) is 1.70. The third-order valence-corrected chi connectivity index (χ3v) is 2.81. The van der Waals surface area contributed by atoms with Crippen LogP contribution in [0, 0.1) is 5.82 Å². The quantitative estimate of drug-likeness (QED) is 0.699. The molecule has 0 aliphatic carbocycles.